The largest absolute Gasteiger partial charge is 0.349 e. The number of hydrogen-bond acceptors (Lipinski definition) is 3. The van der Waals surface area contributed by atoms with Crippen molar-refractivity contribution in [3.8, 4) is 11.1 Å². The molecule has 2 amide bonds. The summed E-state index contributed by atoms with van der Waals surface area (Å²) in [5.74, 6) is 0.225. The first-order valence-electron chi connectivity index (χ1n) is 9.46. The van der Waals surface area contributed by atoms with E-state index in [1.54, 1.807) is 0 Å². The van der Waals surface area contributed by atoms with Gasteiger partial charge in [0.15, 0.2) is 0 Å². The monoisotopic (exact) mass is 404 g/mol. The second-order valence-electron chi connectivity index (χ2n) is 6.77. The van der Waals surface area contributed by atoms with Crippen molar-refractivity contribution in [2.45, 2.75) is 24.8 Å². The standard InChI is InChI=1S/C24H24N2O2S/c1-17(19-8-10-21(11-9-19)20-6-4-3-5-7-20)25-24(28)16-29-23-14-12-22(13-15-23)26-18(2)27/h3-15,17H,16H2,1-2H3,(H,25,28)(H,26,27). The summed E-state index contributed by atoms with van der Waals surface area (Å²) >= 11 is 1.47. The van der Waals surface area contributed by atoms with Crippen LogP contribution in [0.25, 0.3) is 11.1 Å². The Kier molecular flexibility index (Phi) is 7.09. The summed E-state index contributed by atoms with van der Waals surface area (Å²) in [5, 5.41) is 5.77. The van der Waals surface area contributed by atoms with Gasteiger partial charge in [-0.1, -0.05) is 54.6 Å². The van der Waals surface area contributed by atoms with Crippen LogP contribution in [0.4, 0.5) is 5.69 Å². The lowest BCUT2D eigenvalue weighted by molar-refractivity contribution is -0.119. The normalized spacial score (nSPS) is 11.5. The van der Waals surface area contributed by atoms with Crippen molar-refractivity contribution in [2.24, 2.45) is 0 Å². The SMILES string of the molecule is CC(=O)Nc1ccc(SCC(=O)NC(C)c2ccc(-c3ccccc3)cc2)cc1. The molecule has 0 spiro atoms. The second-order valence-corrected chi connectivity index (χ2v) is 7.82. The van der Waals surface area contributed by atoms with Crippen LogP contribution < -0.4 is 10.6 Å². The number of thioether (sulfide) groups is 1. The molecule has 1 atom stereocenters. The number of nitrogens with one attached hydrogen (secondary N) is 2. The molecule has 3 aromatic carbocycles. The third-order valence-electron chi connectivity index (χ3n) is 4.44. The summed E-state index contributed by atoms with van der Waals surface area (Å²) in [6.45, 7) is 3.46. The van der Waals surface area contributed by atoms with Gasteiger partial charge in [0.2, 0.25) is 11.8 Å². The molecular formula is C24H24N2O2S. The maximum atomic E-state index is 12.3. The minimum Gasteiger partial charge on any atom is -0.349 e. The van der Waals surface area contributed by atoms with Crippen molar-refractivity contribution in [3.63, 3.8) is 0 Å². The van der Waals surface area contributed by atoms with E-state index in [0.717, 1.165) is 21.7 Å². The Morgan fingerprint density at radius 3 is 2.10 bits per heavy atom. The van der Waals surface area contributed by atoms with E-state index in [2.05, 4.69) is 47.0 Å². The first kappa shape index (κ1) is 20.7. The fourth-order valence-corrected chi connectivity index (χ4v) is 3.66. The van der Waals surface area contributed by atoms with E-state index in [1.807, 2.05) is 49.4 Å². The zero-order valence-electron chi connectivity index (χ0n) is 16.5. The quantitative estimate of drug-likeness (QED) is 0.527. The first-order chi connectivity index (χ1) is 14.0. The van der Waals surface area contributed by atoms with Gasteiger partial charge in [-0.2, -0.15) is 0 Å². The topological polar surface area (TPSA) is 58.2 Å². The van der Waals surface area contributed by atoms with Crippen LogP contribution >= 0.6 is 11.8 Å². The molecule has 0 fully saturated rings. The van der Waals surface area contributed by atoms with Gasteiger partial charge in [0.1, 0.15) is 0 Å². The fourth-order valence-electron chi connectivity index (χ4n) is 2.95. The Morgan fingerprint density at radius 2 is 1.48 bits per heavy atom. The molecule has 3 aromatic rings. The van der Waals surface area contributed by atoms with E-state index in [9.17, 15) is 9.59 Å². The number of amides is 2. The van der Waals surface area contributed by atoms with Gasteiger partial charge < -0.3 is 10.6 Å². The molecule has 0 aliphatic heterocycles. The van der Waals surface area contributed by atoms with Gasteiger partial charge in [0.25, 0.3) is 0 Å². The Labute approximate surface area is 175 Å². The molecule has 0 bridgehead atoms. The summed E-state index contributed by atoms with van der Waals surface area (Å²) in [5.41, 5.74) is 4.16. The highest BCUT2D eigenvalue weighted by molar-refractivity contribution is 8.00. The lowest BCUT2D eigenvalue weighted by Gasteiger charge is -2.15. The highest BCUT2D eigenvalue weighted by Crippen LogP contribution is 2.23. The minimum absolute atomic E-state index is 0.0134. The Bertz CT molecular complexity index is 954. The van der Waals surface area contributed by atoms with Crippen LogP contribution in [0.3, 0.4) is 0 Å². The van der Waals surface area contributed by atoms with Crippen LogP contribution in [-0.2, 0) is 9.59 Å². The van der Waals surface area contributed by atoms with Crippen LogP contribution in [0.5, 0.6) is 0 Å². The molecule has 0 aliphatic carbocycles. The molecule has 148 valence electrons. The Hall–Kier alpha value is -3.05. The third-order valence-corrected chi connectivity index (χ3v) is 5.45. The molecule has 0 saturated carbocycles. The van der Waals surface area contributed by atoms with Gasteiger partial charge in [-0.3, -0.25) is 9.59 Å². The smallest absolute Gasteiger partial charge is 0.230 e. The fraction of sp³-hybridized carbons (Fsp3) is 0.167. The summed E-state index contributed by atoms with van der Waals surface area (Å²) in [4.78, 5) is 24.3. The maximum absolute atomic E-state index is 12.3. The van der Waals surface area contributed by atoms with Crippen LogP contribution in [0, 0.1) is 0 Å². The van der Waals surface area contributed by atoms with Crippen LogP contribution in [0.2, 0.25) is 0 Å². The zero-order chi connectivity index (χ0) is 20.6. The molecule has 29 heavy (non-hydrogen) atoms. The second kappa shape index (κ2) is 9.94. The number of hydrogen-bond donors (Lipinski definition) is 2. The molecule has 4 nitrogen and oxygen atoms in total. The molecule has 0 saturated heterocycles. The first-order valence-corrected chi connectivity index (χ1v) is 10.4. The van der Waals surface area contributed by atoms with Gasteiger partial charge in [-0.25, -0.2) is 0 Å². The van der Waals surface area contributed by atoms with Crippen molar-refractivity contribution >= 4 is 29.3 Å². The van der Waals surface area contributed by atoms with Crippen LogP contribution in [0.15, 0.2) is 83.8 Å². The molecule has 0 aliphatic rings. The Balaban J connectivity index is 1.50. The number of rotatable bonds is 7. The summed E-state index contributed by atoms with van der Waals surface area (Å²) in [6, 6.07) is 25.9. The van der Waals surface area contributed by atoms with E-state index >= 15 is 0 Å². The van der Waals surface area contributed by atoms with Crippen molar-refractivity contribution in [3.05, 3.63) is 84.4 Å². The molecular weight excluding hydrogens is 380 g/mol. The van der Waals surface area contributed by atoms with Crippen LogP contribution in [-0.4, -0.2) is 17.6 Å². The molecule has 5 heteroatoms. The average molecular weight is 405 g/mol. The number of carbonyl (C=O) groups is 2. The molecule has 3 rings (SSSR count). The van der Waals surface area contributed by atoms with E-state index in [1.165, 1.54) is 24.2 Å². The highest BCUT2D eigenvalue weighted by atomic mass is 32.2. The molecule has 0 heterocycles. The van der Waals surface area contributed by atoms with Gasteiger partial charge in [0, 0.05) is 17.5 Å². The van der Waals surface area contributed by atoms with E-state index in [4.69, 9.17) is 0 Å². The van der Waals surface area contributed by atoms with Crippen molar-refractivity contribution in [1.29, 1.82) is 0 Å². The van der Waals surface area contributed by atoms with Gasteiger partial charge in [-0.05, 0) is 47.9 Å². The molecule has 0 aromatic heterocycles. The number of anilines is 1. The summed E-state index contributed by atoms with van der Waals surface area (Å²) in [7, 11) is 0. The number of carbonyl (C=O) groups excluding carboxylic acids is 2. The van der Waals surface area contributed by atoms with Crippen molar-refractivity contribution < 1.29 is 9.59 Å². The van der Waals surface area contributed by atoms with Crippen molar-refractivity contribution in [2.75, 3.05) is 11.1 Å². The Morgan fingerprint density at radius 1 is 0.862 bits per heavy atom. The average Bonchev–Trinajstić information content (AvgIpc) is 2.73. The van der Waals surface area contributed by atoms with Gasteiger partial charge >= 0.3 is 0 Å². The predicted molar refractivity (Wildman–Crippen MR) is 120 cm³/mol. The third kappa shape index (κ3) is 6.22. The lowest BCUT2D eigenvalue weighted by atomic mass is 10.0. The minimum atomic E-state index is -0.101. The predicted octanol–water partition coefficient (Wildman–Crippen LogP) is 5.28. The van der Waals surface area contributed by atoms with Crippen LogP contribution in [0.1, 0.15) is 25.5 Å². The highest BCUT2D eigenvalue weighted by Gasteiger charge is 2.10. The molecule has 0 radical (unpaired) electrons. The van der Waals surface area contributed by atoms with Gasteiger partial charge in [0.05, 0.1) is 11.8 Å². The zero-order valence-corrected chi connectivity index (χ0v) is 17.3. The van der Waals surface area contributed by atoms with Gasteiger partial charge in [-0.15, -0.1) is 11.8 Å². The summed E-state index contributed by atoms with van der Waals surface area (Å²) in [6.07, 6.45) is 0. The maximum Gasteiger partial charge on any atom is 0.230 e. The van der Waals surface area contributed by atoms with E-state index < -0.39 is 0 Å². The van der Waals surface area contributed by atoms with E-state index in [-0.39, 0.29) is 17.9 Å². The molecule has 2 N–H and O–H groups in total. The number of benzene rings is 3. The lowest BCUT2D eigenvalue weighted by Crippen LogP contribution is -2.28. The molecule has 1 unspecified atom stereocenters. The van der Waals surface area contributed by atoms with E-state index in [0.29, 0.717) is 5.75 Å². The van der Waals surface area contributed by atoms with Crippen molar-refractivity contribution in [1.82, 2.24) is 5.32 Å². The summed E-state index contributed by atoms with van der Waals surface area (Å²) < 4.78 is 0.